The summed E-state index contributed by atoms with van der Waals surface area (Å²) in [6, 6.07) is 8.16. The van der Waals surface area contributed by atoms with Crippen molar-refractivity contribution in [1.29, 1.82) is 0 Å². The maximum Gasteiger partial charge on any atom is 0.306 e. The average molecular weight is 233 g/mol. The summed E-state index contributed by atoms with van der Waals surface area (Å²) in [5, 5.41) is 3.32. The first-order valence-electron chi connectivity index (χ1n) is 6.29. The van der Waals surface area contributed by atoms with Gasteiger partial charge in [0.2, 0.25) is 0 Å². The molecule has 1 aliphatic rings. The first-order valence-corrected chi connectivity index (χ1v) is 6.29. The van der Waals surface area contributed by atoms with Gasteiger partial charge >= 0.3 is 5.97 Å². The minimum atomic E-state index is -0.0815. The summed E-state index contributed by atoms with van der Waals surface area (Å²) in [6.07, 6.45) is 2.49. The van der Waals surface area contributed by atoms with Crippen LogP contribution in [0.25, 0.3) is 0 Å². The molecule has 0 spiro atoms. The number of rotatable bonds is 5. The Morgan fingerprint density at radius 3 is 3.12 bits per heavy atom. The van der Waals surface area contributed by atoms with E-state index < -0.39 is 0 Å². The molecule has 0 fully saturated rings. The summed E-state index contributed by atoms with van der Waals surface area (Å²) in [5.74, 6) is 0.183. The van der Waals surface area contributed by atoms with E-state index >= 15 is 0 Å². The Morgan fingerprint density at radius 2 is 2.29 bits per heavy atom. The molecule has 17 heavy (non-hydrogen) atoms. The Bertz CT molecular complexity index is 390. The number of carbonyl (C=O) groups is 1. The number of esters is 1. The molecule has 0 saturated carbocycles. The highest BCUT2D eigenvalue weighted by Crippen LogP contribution is 2.33. The molecule has 92 valence electrons. The fourth-order valence-electron chi connectivity index (χ4n) is 2.13. The van der Waals surface area contributed by atoms with E-state index in [0.717, 1.165) is 25.1 Å². The van der Waals surface area contributed by atoms with Crippen LogP contribution in [0.1, 0.15) is 37.7 Å². The lowest BCUT2D eigenvalue weighted by Gasteiger charge is -2.09. The Morgan fingerprint density at radius 1 is 1.47 bits per heavy atom. The standard InChI is InChI=1S/C14H19NO2/c1-2-3-8-17-14(16)9-11-10-15-13-7-5-4-6-12(11)13/h4-7,11,15H,2-3,8-10H2,1H3. The molecule has 1 atom stereocenters. The van der Waals surface area contributed by atoms with Crippen molar-refractivity contribution in [2.45, 2.75) is 32.1 Å². The fourth-order valence-corrected chi connectivity index (χ4v) is 2.13. The largest absolute Gasteiger partial charge is 0.466 e. The number of ether oxygens (including phenoxy) is 1. The first-order chi connectivity index (χ1) is 8.31. The van der Waals surface area contributed by atoms with Gasteiger partial charge in [0, 0.05) is 18.2 Å². The van der Waals surface area contributed by atoms with Crippen LogP contribution in [0.3, 0.4) is 0 Å². The minimum absolute atomic E-state index is 0.0815. The molecule has 1 heterocycles. The quantitative estimate of drug-likeness (QED) is 0.627. The van der Waals surface area contributed by atoms with Crippen molar-refractivity contribution in [3.8, 4) is 0 Å². The van der Waals surface area contributed by atoms with Crippen LogP contribution < -0.4 is 5.32 Å². The monoisotopic (exact) mass is 233 g/mol. The number of benzene rings is 1. The number of nitrogens with one attached hydrogen (secondary N) is 1. The number of hydrogen-bond acceptors (Lipinski definition) is 3. The van der Waals surface area contributed by atoms with E-state index in [1.807, 2.05) is 12.1 Å². The van der Waals surface area contributed by atoms with Crippen molar-refractivity contribution in [2.24, 2.45) is 0 Å². The number of hydrogen-bond donors (Lipinski definition) is 1. The van der Waals surface area contributed by atoms with Gasteiger partial charge in [-0.1, -0.05) is 31.5 Å². The molecule has 1 unspecified atom stereocenters. The third-order valence-corrected chi connectivity index (χ3v) is 3.11. The van der Waals surface area contributed by atoms with Crippen molar-refractivity contribution in [3.05, 3.63) is 29.8 Å². The van der Waals surface area contributed by atoms with Crippen molar-refractivity contribution >= 4 is 11.7 Å². The van der Waals surface area contributed by atoms with Gasteiger partial charge in [-0.3, -0.25) is 4.79 Å². The molecule has 1 aromatic carbocycles. The first kappa shape index (κ1) is 12.0. The Balaban J connectivity index is 1.87. The lowest BCUT2D eigenvalue weighted by molar-refractivity contribution is -0.144. The zero-order valence-corrected chi connectivity index (χ0v) is 10.2. The van der Waals surface area contributed by atoms with Gasteiger partial charge in [-0.15, -0.1) is 0 Å². The van der Waals surface area contributed by atoms with E-state index in [0.29, 0.717) is 13.0 Å². The Labute approximate surface area is 102 Å². The molecular formula is C14H19NO2. The molecule has 2 rings (SSSR count). The van der Waals surface area contributed by atoms with Crippen molar-refractivity contribution in [1.82, 2.24) is 0 Å². The Hall–Kier alpha value is -1.51. The van der Waals surface area contributed by atoms with Gasteiger partial charge in [-0.25, -0.2) is 0 Å². The zero-order chi connectivity index (χ0) is 12.1. The predicted octanol–water partition coefficient (Wildman–Crippen LogP) is 2.93. The number of fused-ring (bicyclic) bond motifs is 1. The molecule has 0 aliphatic carbocycles. The molecule has 3 heteroatoms. The summed E-state index contributed by atoms with van der Waals surface area (Å²) in [6.45, 7) is 3.48. The van der Waals surface area contributed by atoms with E-state index in [4.69, 9.17) is 4.74 Å². The second-order valence-electron chi connectivity index (χ2n) is 4.44. The van der Waals surface area contributed by atoms with Crippen molar-refractivity contribution in [2.75, 3.05) is 18.5 Å². The van der Waals surface area contributed by atoms with Gasteiger partial charge in [0.15, 0.2) is 0 Å². The van der Waals surface area contributed by atoms with E-state index in [2.05, 4.69) is 24.4 Å². The maximum atomic E-state index is 11.6. The molecule has 1 aromatic rings. The van der Waals surface area contributed by atoms with Gasteiger partial charge in [-0.05, 0) is 18.1 Å². The van der Waals surface area contributed by atoms with E-state index in [1.165, 1.54) is 5.56 Å². The zero-order valence-electron chi connectivity index (χ0n) is 10.2. The fraction of sp³-hybridized carbons (Fsp3) is 0.500. The molecule has 0 aromatic heterocycles. The van der Waals surface area contributed by atoms with Gasteiger partial charge in [0.1, 0.15) is 0 Å². The highest BCUT2D eigenvalue weighted by Gasteiger charge is 2.24. The summed E-state index contributed by atoms with van der Waals surface area (Å²) >= 11 is 0. The lowest BCUT2D eigenvalue weighted by atomic mass is 9.98. The summed E-state index contributed by atoms with van der Waals surface area (Å²) in [5.41, 5.74) is 2.39. The SMILES string of the molecule is CCCCOC(=O)CC1CNc2ccccc21. The summed E-state index contributed by atoms with van der Waals surface area (Å²) < 4.78 is 5.19. The summed E-state index contributed by atoms with van der Waals surface area (Å²) in [4.78, 5) is 11.6. The van der Waals surface area contributed by atoms with Crippen molar-refractivity contribution in [3.63, 3.8) is 0 Å². The summed E-state index contributed by atoms with van der Waals surface area (Å²) in [7, 11) is 0. The molecule has 0 saturated heterocycles. The third-order valence-electron chi connectivity index (χ3n) is 3.11. The van der Waals surface area contributed by atoms with Gasteiger partial charge < -0.3 is 10.1 Å². The molecule has 0 bridgehead atoms. The van der Waals surface area contributed by atoms with Crippen LogP contribution in [0, 0.1) is 0 Å². The van der Waals surface area contributed by atoms with Crippen LogP contribution in [0.15, 0.2) is 24.3 Å². The highest BCUT2D eigenvalue weighted by molar-refractivity contribution is 5.72. The predicted molar refractivity (Wildman–Crippen MR) is 68.2 cm³/mol. The third kappa shape index (κ3) is 2.99. The lowest BCUT2D eigenvalue weighted by Crippen LogP contribution is -2.12. The van der Waals surface area contributed by atoms with Crippen LogP contribution in [0.2, 0.25) is 0 Å². The number of anilines is 1. The van der Waals surface area contributed by atoms with Crippen LogP contribution in [-0.2, 0) is 9.53 Å². The van der Waals surface area contributed by atoms with Gasteiger partial charge in [0.05, 0.1) is 13.0 Å². The smallest absolute Gasteiger partial charge is 0.306 e. The minimum Gasteiger partial charge on any atom is -0.466 e. The maximum absolute atomic E-state index is 11.6. The second-order valence-corrected chi connectivity index (χ2v) is 4.44. The molecule has 3 nitrogen and oxygen atoms in total. The normalized spacial score (nSPS) is 17.4. The number of carbonyl (C=O) groups excluding carboxylic acids is 1. The topological polar surface area (TPSA) is 38.3 Å². The highest BCUT2D eigenvalue weighted by atomic mass is 16.5. The van der Waals surface area contributed by atoms with E-state index in [9.17, 15) is 4.79 Å². The average Bonchev–Trinajstić information content (AvgIpc) is 2.73. The molecule has 1 N–H and O–H groups in total. The van der Waals surface area contributed by atoms with Crippen LogP contribution in [0.5, 0.6) is 0 Å². The molecule has 0 radical (unpaired) electrons. The molecule has 0 amide bonds. The van der Waals surface area contributed by atoms with E-state index in [-0.39, 0.29) is 11.9 Å². The Kier molecular flexibility index (Phi) is 4.02. The van der Waals surface area contributed by atoms with Gasteiger partial charge in [0.25, 0.3) is 0 Å². The van der Waals surface area contributed by atoms with Gasteiger partial charge in [-0.2, -0.15) is 0 Å². The second kappa shape index (κ2) is 5.71. The number of unbranched alkanes of at least 4 members (excludes halogenated alkanes) is 1. The molecule has 1 aliphatic heterocycles. The van der Waals surface area contributed by atoms with Crippen LogP contribution in [-0.4, -0.2) is 19.1 Å². The van der Waals surface area contributed by atoms with Crippen LogP contribution in [0.4, 0.5) is 5.69 Å². The van der Waals surface area contributed by atoms with Crippen LogP contribution >= 0.6 is 0 Å². The number of para-hydroxylation sites is 1. The van der Waals surface area contributed by atoms with E-state index in [1.54, 1.807) is 0 Å². The van der Waals surface area contributed by atoms with Crippen molar-refractivity contribution < 1.29 is 9.53 Å². The molecular weight excluding hydrogens is 214 g/mol.